The van der Waals surface area contributed by atoms with Crippen LogP contribution in [0, 0.1) is 0 Å². The van der Waals surface area contributed by atoms with Crippen LogP contribution in [0.25, 0.3) is 10.6 Å². The van der Waals surface area contributed by atoms with E-state index >= 15 is 0 Å². The number of benzene rings is 1. The van der Waals surface area contributed by atoms with Gasteiger partial charge in [-0.15, -0.1) is 11.3 Å². The second-order valence-electron chi connectivity index (χ2n) is 6.37. The molecule has 2 amide bonds. The van der Waals surface area contributed by atoms with Gasteiger partial charge in [0.05, 0.1) is 18.7 Å². The summed E-state index contributed by atoms with van der Waals surface area (Å²) in [5.41, 5.74) is 1.78. The Kier molecular flexibility index (Phi) is 6.17. The lowest BCUT2D eigenvalue weighted by molar-refractivity contribution is -0.126. The first-order valence-corrected chi connectivity index (χ1v) is 9.64. The van der Waals surface area contributed by atoms with Crippen LogP contribution in [-0.2, 0) is 16.0 Å². The molecule has 0 bridgehead atoms. The van der Waals surface area contributed by atoms with Gasteiger partial charge in [-0.3, -0.25) is 9.59 Å². The number of rotatable bonds is 6. The van der Waals surface area contributed by atoms with Crippen molar-refractivity contribution in [2.75, 3.05) is 6.54 Å². The molecule has 1 aromatic carbocycles. The van der Waals surface area contributed by atoms with Crippen LogP contribution in [0.5, 0.6) is 0 Å². The summed E-state index contributed by atoms with van der Waals surface area (Å²) in [6, 6.07) is 10.2. The SMILES string of the molecule is O=C(Cc1csc(-c2ccccc2)n1)NCC(=O)NC1CCCCC1. The molecule has 1 heterocycles. The molecular weight excluding hydrogens is 334 g/mol. The first kappa shape index (κ1) is 17.6. The maximum atomic E-state index is 12.0. The van der Waals surface area contributed by atoms with Crippen LogP contribution in [0.2, 0.25) is 0 Å². The zero-order chi connectivity index (χ0) is 17.5. The molecule has 2 aromatic rings. The summed E-state index contributed by atoms with van der Waals surface area (Å²) in [6.07, 6.45) is 5.87. The quantitative estimate of drug-likeness (QED) is 0.835. The van der Waals surface area contributed by atoms with Crippen LogP contribution >= 0.6 is 11.3 Å². The van der Waals surface area contributed by atoms with E-state index in [0.717, 1.165) is 29.1 Å². The minimum absolute atomic E-state index is 0.0328. The van der Waals surface area contributed by atoms with Crippen molar-refractivity contribution >= 4 is 23.2 Å². The zero-order valence-corrected chi connectivity index (χ0v) is 15.0. The molecule has 25 heavy (non-hydrogen) atoms. The molecule has 0 unspecified atom stereocenters. The largest absolute Gasteiger partial charge is 0.352 e. The van der Waals surface area contributed by atoms with Gasteiger partial charge in [0.1, 0.15) is 5.01 Å². The highest BCUT2D eigenvalue weighted by atomic mass is 32.1. The standard InChI is InChI=1S/C19H23N3O2S/c23-17(20-12-18(24)21-15-9-5-2-6-10-15)11-16-13-25-19(22-16)14-7-3-1-4-8-14/h1,3-4,7-8,13,15H,2,5-6,9-12H2,(H,20,23)(H,21,24). The van der Waals surface area contributed by atoms with Crippen LogP contribution in [0.15, 0.2) is 35.7 Å². The fourth-order valence-electron chi connectivity index (χ4n) is 3.03. The van der Waals surface area contributed by atoms with E-state index in [-0.39, 0.29) is 30.8 Å². The van der Waals surface area contributed by atoms with Crippen molar-refractivity contribution in [3.63, 3.8) is 0 Å². The number of carbonyl (C=O) groups excluding carboxylic acids is 2. The molecule has 1 aromatic heterocycles. The van der Waals surface area contributed by atoms with Crippen molar-refractivity contribution in [1.29, 1.82) is 0 Å². The van der Waals surface area contributed by atoms with Gasteiger partial charge in [0.2, 0.25) is 11.8 Å². The van der Waals surface area contributed by atoms with Crippen molar-refractivity contribution in [2.24, 2.45) is 0 Å². The second-order valence-corrected chi connectivity index (χ2v) is 7.22. The predicted molar refractivity (Wildman–Crippen MR) is 99.3 cm³/mol. The van der Waals surface area contributed by atoms with Gasteiger partial charge in [-0.2, -0.15) is 0 Å². The molecule has 2 N–H and O–H groups in total. The lowest BCUT2D eigenvalue weighted by Crippen LogP contribution is -2.43. The average molecular weight is 357 g/mol. The van der Waals surface area contributed by atoms with E-state index in [1.165, 1.54) is 30.6 Å². The third-order valence-corrected chi connectivity index (χ3v) is 5.27. The Morgan fingerprint density at radius 2 is 1.84 bits per heavy atom. The molecule has 0 aliphatic heterocycles. The Morgan fingerprint density at radius 1 is 1.08 bits per heavy atom. The number of nitrogens with one attached hydrogen (secondary N) is 2. The maximum Gasteiger partial charge on any atom is 0.239 e. The summed E-state index contributed by atoms with van der Waals surface area (Å²) in [6.45, 7) is 0.0328. The minimum Gasteiger partial charge on any atom is -0.352 e. The van der Waals surface area contributed by atoms with Gasteiger partial charge in [-0.05, 0) is 12.8 Å². The Morgan fingerprint density at radius 3 is 2.60 bits per heavy atom. The lowest BCUT2D eigenvalue weighted by Gasteiger charge is -2.22. The van der Waals surface area contributed by atoms with Crippen LogP contribution in [-0.4, -0.2) is 29.4 Å². The molecule has 1 aliphatic carbocycles. The fraction of sp³-hybridized carbons (Fsp3) is 0.421. The predicted octanol–water partition coefficient (Wildman–Crippen LogP) is 2.92. The number of hydrogen-bond donors (Lipinski definition) is 2. The van der Waals surface area contributed by atoms with Crippen molar-refractivity contribution in [3.05, 3.63) is 41.4 Å². The monoisotopic (exact) mass is 357 g/mol. The van der Waals surface area contributed by atoms with Gasteiger partial charge in [0.25, 0.3) is 0 Å². The first-order valence-electron chi connectivity index (χ1n) is 8.76. The van der Waals surface area contributed by atoms with E-state index in [0.29, 0.717) is 0 Å². The minimum atomic E-state index is -0.177. The van der Waals surface area contributed by atoms with Gasteiger partial charge < -0.3 is 10.6 Å². The van der Waals surface area contributed by atoms with E-state index in [4.69, 9.17) is 0 Å². The molecule has 0 atom stereocenters. The summed E-state index contributed by atoms with van der Waals surface area (Å²) in [4.78, 5) is 28.4. The van der Waals surface area contributed by atoms with E-state index in [1.54, 1.807) is 0 Å². The van der Waals surface area contributed by atoms with Crippen LogP contribution in [0.3, 0.4) is 0 Å². The summed E-state index contributed by atoms with van der Waals surface area (Å²) >= 11 is 1.52. The Balaban J connectivity index is 1.43. The number of amides is 2. The van der Waals surface area contributed by atoms with Gasteiger partial charge in [0, 0.05) is 17.0 Å². The van der Waals surface area contributed by atoms with E-state index in [9.17, 15) is 9.59 Å². The molecule has 0 saturated heterocycles. The van der Waals surface area contributed by atoms with Gasteiger partial charge in [-0.25, -0.2) is 4.98 Å². The number of thiazole rings is 1. The van der Waals surface area contributed by atoms with Crippen LogP contribution < -0.4 is 10.6 Å². The summed E-state index contributed by atoms with van der Waals surface area (Å²) in [5, 5.41) is 8.47. The van der Waals surface area contributed by atoms with E-state index in [1.807, 2.05) is 35.7 Å². The Hall–Kier alpha value is -2.21. The van der Waals surface area contributed by atoms with E-state index < -0.39 is 0 Å². The second kappa shape index (κ2) is 8.76. The van der Waals surface area contributed by atoms with Gasteiger partial charge >= 0.3 is 0 Å². The number of aromatic nitrogens is 1. The van der Waals surface area contributed by atoms with Crippen molar-refractivity contribution in [1.82, 2.24) is 15.6 Å². The molecule has 1 saturated carbocycles. The molecule has 1 fully saturated rings. The number of carbonyl (C=O) groups is 2. The lowest BCUT2D eigenvalue weighted by atomic mass is 9.95. The fourth-order valence-corrected chi connectivity index (χ4v) is 3.86. The summed E-state index contributed by atoms with van der Waals surface area (Å²) in [7, 11) is 0. The molecular formula is C19H23N3O2S. The third-order valence-electron chi connectivity index (χ3n) is 4.33. The average Bonchev–Trinajstić information content (AvgIpc) is 3.10. The highest BCUT2D eigenvalue weighted by Gasteiger charge is 2.16. The summed E-state index contributed by atoms with van der Waals surface area (Å²) in [5.74, 6) is -0.285. The molecule has 132 valence electrons. The highest BCUT2D eigenvalue weighted by Crippen LogP contribution is 2.23. The molecule has 1 aliphatic rings. The van der Waals surface area contributed by atoms with Gasteiger partial charge in [-0.1, -0.05) is 49.6 Å². The molecule has 0 spiro atoms. The maximum absolute atomic E-state index is 12.0. The molecule has 3 rings (SSSR count). The smallest absolute Gasteiger partial charge is 0.239 e. The normalized spacial score (nSPS) is 14.9. The summed E-state index contributed by atoms with van der Waals surface area (Å²) < 4.78 is 0. The highest BCUT2D eigenvalue weighted by molar-refractivity contribution is 7.13. The molecule has 0 radical (unpaired) electrons. The first-order chi connectivity index (χ1) is 12.2. The van der Waals surface area contributed by atoms with Crippen LogP contribution in [0.1, 0.15) is 37.8 Å². The third kappa shape index (κ3) is 5.39. The number of hydrogen-bond acceptors (Lipinski definition) is 4. The molecule has 5 nitrogen and oxygen atoms in total. The van der Waals surface area contributed by atoms with E-state index in [2.05, 4.69) is 15.6 Å². The zero-order valence-electron chi connectivity index (χ0n) is 14.2. The van der Waals surface area contributed by atoms with Crippen molar-refractivity contribution < 1.29 is 9.59 Å². The van der Waals surface area contributed by atoms with Crippen molar-refractivity contribution in [2.45, 2.75) is 44.6 Å². The topological polar surface area (TPSA) is 71.1 Å². The Bertz CT molecular complexity index is 708. The molecule has 6 heteroatoms. The van der Waals surface area contributed by atoms with Crippen LogP contribution in [0.4, 0.5) is 0 Å². The van der Waals surface area contributed by atoms with Gasteiger partial charge in [0.15, 0.2) is 0 Å². The number of nitrogens with zero attached hydrogens (tertiary/aromatic N) is 1. The van der Waals surface area contributed by atoms with Crippen molar-refractivity contribution in [3.8, 4) is 10.6 Å². The Labute approximate surface area is 151 Å².